The molecule has 3 aromatic rings. The summed E-state index contributed by atoms with van der Waals surface area (Å²) in [5.74, 6) is 0.682. The van der Waals surface area contributed by atoms with E-state index in [1.165, 1.54) is 6.26 Å². The third-order valence-corrected chi connectivity index (χ3v) is 3.42. The fourth-order valence-electron chi connectivity index (χ4n) is 2.21. The van der Waals surface area contributed by atoms with E-state index in [0.717, 1.165) is 5.69 Å². The van der Waals surface area contributed by atoms with Crippen LogP contribution in [0.2, 0.25) is 0 Å². The normalized spacial score (nSPS) is 10.7. The Kier molecular flexibility index (Phi) is 5.02. The van der Waals surface area contributed by atoms with Crippen LogP contribution in [0.25, 0.3) is 11.5 Å². The molecular formula is C17H17N3O4. The van der Waals surface area contributed by atoms with Crippen molar-refractivity contribution in [3.05, 3.63) is 60.2 Å². The van der Waals surface area contributed by atoms with Crippen molar-refractivity contribution in [3.8, 4) is 11.5 Å². The van der Waals surface area contributed by atoms with Crippen LogP contribution in [0.5, 0.6) is 0 Å². The number of hydrogen-bond donors (Lipinski definition) is 0. The van der Waals surface area contributed by atoms with Gasteiger partial charge < -0.3 is 18.6 Å². The molecule has 0 bridgehead atoms. The van der Waals surface area contributed by atoms with Crippen LogP contribution in [-0.4, -0.2) is 41.2 Å². The number of ether oxygens (including phenoxy) is 1. The lowest BCUT2D eigenvalue weighted by molar-refractivity contribution is 0.0668. The predicted molar refractivity (Wildman–Crippen MR) is 85.1 cm³/mol. The van der Waals surface area contributed by atoms with Gasteiger partial charge in [0.25, 0.3) is 5.91 Å². The van der Waals surface area contributed by atoms with Crippen LogP contribution >= 0.6 is 0 Å². The summed E-state index contributed by atoms with van der Waals surface area (Å²) in [4.78, 5) is 18.6. The number of nitrogens with zero attached hydrogens (tertiary/aromatic N) is 3. The zero-order chi connectivity index (χ0) is 16.8. The number of hydrogen-bond acceptors (Lipinski definition) is 6. The van der Waals surface area contributed by atoms with Crippen LogP contribution in [0.3, 0.4) is 0 Å². The van der Waals surface area contributed by atoms with E-state index in [0.29, 0.717) is 31.2 Å². The maximum atomic E-state index is 12.7. The van der Waals surface area contributed by atoms with Crippen molar-refractivity contribution in [2.75, 3.05) is 20.3 Å². The minimum atomic E-state index is -0.251. The summed E-state index contributed by atoms with van der Waals surface area (Å²) in [6.07, 6.45) is 3.23. The molecule has 7 nitrogen and oxygen atoms in total. The summed E-state index contributed by atoms with van der Waals surface area (Å²) in [7, 11) is 1.59. The highest BCUT2D eigenvalue weighted by molar-refractivity contribution is 5.93. The summed E-state index contributed by atoms with van der Waals surface area (Å²) in [6, 6.07) is 10.6. The van der Waals surface area contributed by atoms with E-state index in [2.05, 4.69) is 10.1 Å². The molecule has 0 aliphatic heterocycles. The van der Waals surface area contributed by atoms with Crippen LogP contribution in [0.4, 0.5) is 0 Å². The minimum Gasteiger partial charge on any atom is -0.461 e. The van der Waals surface area contributed by atoms with Gasteiger partial charge in [0.05, 0.1) is 25.1 Å². The number of amides is 1. The average molecular weight is 327 g/mol. The van der Waals surface area contributed by atoms with E-state index in [4.69, 9.17) is 13.7 Å². The first-order chi connectivity index (χ1) is 11.8. The topological polar surface area (TPSA) is 81.6 Å². The van der Waals surface area contributed by atoms with E-state index >= 15 is 0 Å². The predicted octanol–water partition coefficient (Wildman–Crippen LogP) is 2.62. The van der Waals surface area contributed by atoms with Crippen molar-refractivity contribution in [3.63, 3.8) is 0 Å². The summed E-state index contributed by atoms with van der Waals surface area (Å²) < 4.78 is 15.5. The first kappa shape index (κ1) is 15.9. The van der Waals surface area contributed by atoms with Gasteiger partial charge in [-0.25, -0.2) is 0 Å². The molecule has 0 atom stereocenters. The first-order valence-corrected chi connectivity index (χ1v) is 7.46. The van der Waals surface area contributed by atoms with Crippen molar-refractivity contribution in [2.24, 2.45) is 0 Å². The van der Waals surface area contributed by atoms with Crippen LogP contribution in [-0.2, 0) is 11.3 Å². The van der Waals surface area contributed by atoms with Gasteiger partial charge in [0.15, 0.2) is 11.5 Å². The first-order valence-electron chi connectivity index (χ1n) is 7.46. The molecule has 24 heavy (non-hydrogen) atoms. The van der Waals surface area contributed by atoms with E-state index in [1.54, 1.807) is 36.4 Å². The molecule has 124 valence electrons. The highest BCUT2D eigenvalue weighted by Crippen LogP contribution is 2.21. The number of pyridine rings is 1. The SMILES string of the molecule is COCCN(Cc1ccccn1)C(=O)c1cc(-c2ccco2)on1. The molecule has 0 N–H and O–H groups in total. The molecule has 3 rings (SSSR count). The van der Waals surface area contributed by atoms with E-state index in [9.17, 15) is 4.79 Å². The zero-order valence-corrected chi connectivity index (χ0v) is 13.2. The van der Waals surface area contributed by atoms with Crippen LogP contribution in [0, 0.1) is 0 Å². The largest absolute Gasteiger partial charge is 0.461 e. The average Bonchev–Trinajstić information content (AvgIpc) is 3.29. The third kappa shape index (κ3) is 3.69. The molecule has 0 unspecified atom stereocenters. The Morgan fingerprint density at radius 2 is 2.17 bits per heavy atom. The molecule has 1 amide bonds. The van der Waals surface area contributed by atoms with Crippen molar-refractivity contribution in [2.45, 2.75) is 6.54 Å². The molecule has 3 aromatic heterocycles. The maximum Gasteiger partial charge on any atom is 0.276 e. The Bertz CT molecular complexity index is 768. The van der Waals surface area contributed by atoms with Crippen molar-refractivity contribution in [1.82, 2.24) is 15.0 Å². The Morgan fingerprint density at radius 3 is 2.88 bits per heavy atom. The van der Waals surface area contributed by atoms with Crippen molar-refractivity contribution >= 4 is 5.91 Å². The van der Waals surface area contributed by atoms with Gasteiger partial charge in [-0.1, -0.05) is 11.2 Å². The van der Waals surface area contributed by atoms with Gasteiger partial charge in [-0.2, -0.15) is 0 Å². The summed E-state index contributed by atoms with van der Waals surface area (Å²) in [5.41, 5.74) is 1.00. The maximum absolute atomic E-state index is 12.7. The minimum absolute atomic E-state index is 0.216. The smallest absolute Gasteiger partial charge is 0.276 e. The van der Waals surface area contributed by atoms with Gasteiger partial charge in [-0.05, 0) is 24.3 Å². The Hall–Kier alpha value is -2.93. The Morgan fingerprint density at radius 1 is 1.25 bits per heavy atom. The van der Waals surface area contributed by atoms with E-state index in [1.807, 2.05) is 18.2 Å². The number of carbonyl (C=O) groups is 1. The van der Waals surface area contributed by atoms with E-state index < -0.39 is 0 Å². The highest BCUT2D eigenvalue weighted by Gasteiger charge is 2.21. The molecule has 0 radical (unpaired) electrons. The second-order valence-electron chi connectivity index (χ2n) is 5.09. The molecule has 0 aliphatic carbocycles. The lowest BCUT2D eigenvalue weighted by Crippen LogP contribution is -2.34. The van der Waals surface area contributed by atoms with Crippen molar-refractivity contribution < 1.29 is 18.5 Å². The van der Waals surface area contributed by atoms with Gasteiger partial charge in [0.1, 0.15) is 0 Å². The molecular weight excluding hydrogens is 310 g/mol. The number of methoxy groups -OCH3 is 1. The Balaban J connectivity index is 1.77. The number of carbonyl (C=O) groups excluding carboxylic acids is 1. The zero-order valence-electron chi connectivity index (χ0n) is 13.2. The highest BCUT2D eigenvalue weighted by atomic mass is 16.5. The molecule has 0 spiro atoms. The summed E-state index contributed by atoms with van der Waals surface area (Å²) in [6.45, 7) is 1.21. The third-order valence-electron chi connectivity index (χ3n) is 3.42. The van der Waals surface area contributed by atoms with Crippen molar-refractivity contribution in [1.29, 1.82) is 0 Å². The van der Waals surface area contributed by atoms with Gasteiger partial charge in [0.2, 0.25) is 5.76 Å². The second kappa shape index (κ2) is 7.56. The van der Waals surface area contributed by atoms with Gasteiger partial charge in [0, 0.05) is 25.9 Å². The summed E-state index contributed by atoms with van der Waals surface area (Å²) in [5, 5.41) is 3.86. The molecule has 0 fully saturated rings. The lowest BCUT2D eigenvalue weighted by Gasteiger charge is -2.20. The number of furan rings is 1. The monoisotopic (exact) mass is 327 g/mol. The van der Waals surface area contributed by atoms with Gasteiger partial charge >= 0.3 is 0 Å². The van der Waals surface area contributed by atoms with Gasteiger partial charge in [-0.3, -0.25) is 9.78 Å². The molecule has 0 aliphatic rings. The molecule has 0 saturated carbocycles. The van der Waals surface area contributed by atoms with Gasteiger partial charge in [-0.15, -0.1) is 0 Å². The molecule has 3 heterocycles. The van der Waals surface area contributed by atoms with Crippen LogP contribution < -0.4 is 0 Å². The lowest BCUT2D eigenvalue weighted by atomic mass is 10.2. The molecule has 0 aromatic carbocycles. The van der Waals surface area contributed by atoms with Crippen LogP contribution in [0.1, 0.15) is 16.2 Å². The standard InChI is InChI=1S/C17H17N3O4/c1-22-10-8-20(12-13-5-2-3-7-18-13)17(21)14-11-16(24-19-14)15-6-4-9-23-15/h2-7,9,11H,8,10,12H2,1H3. The summed E-state index contributed by atoms with van der Waals surface area (Å²) >= 11 is 0. The number of aromatic nitrogens is 2. The Labute approximate surface area is 138 Å². The number of rotatable bonds is 7. The van der Waals surface area contributed by atoms with Crippen LogP contribution in [0.15, 0.2) is 57.8 Å². The fraction of sp³-hybridized carbons (Fsp3) is 0.235. The fourth-order valence-corrected chi connectivity index (χ4v) is 2.21. The molecule has 0 saturated heterocycles. The van der Waals surface area contributed by atoms with E-state index in [-0.39, 0.29) is 11.6 Å². The molecule has 7 heteroatoms. The second-order valence-corrected chi connectivity index (χ2v) is 5.09. The quantitative estimate of drug-likeness (QED) is 0.663.